The minimum absolute atomic E-state index is 0.376. The van der Waals surface area contributed by atoms with Crippen LogP contribution < -0.4 is 10.4 Å². The molecule has 4 rings (SSSR count). The van der Waals surface area contributed by atoms with Crippen molar-refractivity contribution in [2.24, 2.45) is 0 Å². The summed E-state index contributed by atoms with van der Waals surface area (Å²) in [5.41, 5.74) is 1.40. The molecule has 0 aliphatic carbocycles. The van der Waals surface area contributed by atoms with E-state index in [1.54, 1.807) is 0 Å². The summed E-state index contributed by atoms with van der Waals surface area (Å²) < 4.78 is 0. The maximum absolute atomic E-state index is 2.52. The molecule has 0 bridgehead atoms. The SMILES string of the molecule is C[Si](c1ccccc1)(c1ccccc1)C(Sc1ccccc1)c1ccccc1. The highest BCUT2D eigenvalue weighted by atomic mass is 32.2. The Morgan fingerprint density at radius 1 is 0.536 bits per heavy atom. The van der Waals surface area contributed by atoms with Gasteiger partial charge in [-0.2, -0.15) is 0 Å². The molecular weight excluding hydrogens is 372 g/mol. The lowest BCUT2D eigenvalue weighted by atomic mass is 10.2. The first kappa shape index (κ1) is 18.8. The Kier molecular flexibility index (Phi) is 5.80. The van der Waals surface area contributed by atoms with Crippen LogP contribution in [0.5, 0.6) is 0 Å². The average molecular weight is 397 g/mol. The minimum atomic E-state index is -2.09. The Hall–Kier alpha value is -2.55. The Bertz CT molecular complexity index is 946. The number of rotatable bonds is 6. The zero-order valence-corrected chi connectivity index (χ0v) is 17.8. The molecule has 0 saturated heterocycles. The summed E-state index contributed by atoms with van der Waals surface area (Å²) in [5, 5.41) is 2.94. The van der Waals surface area contributed by atoms with Gasteiger partial charge in [0.2, 0.25) is 0 Å². The second-order valence-corrected chi connectivity index (χ2v) is 12.9. The maximum atomic E-state index is 2.52. The minimum Gasteiger partial charge on any atom is -0.120 e. The topological polar surface area (TPSA) is 0 Å². The Balaban J connectivity index is 1.91. The van der Waals surface area contributed by atoms with Crippen molar-refractivity contribution in [3.05, 3.63) is 127 Å². The summed E-state index contributed by atoms with van der Waals surface area (Å²) in [6.07, 6.45) is 0. The van der Waals surface area contributed by atoms with E-state index in [-0.39, 0.29) is 0 Å². The molecule has 1 unspecified atom stereocenters. The van der Waals surface area contributed by atoms with E-state index in [0.29, 0.717) is 4.87 Å². The van der Waals surface area contributed by atoms with Crippen molar-refractivity contribution in [2.75, 3.05) is 0 Å². The Morgan fingerprint density at radius 2 is 0.929 bits per heavy atom. The van der Waals surface area contributed by atoms with Gasteiger partial charge in [-0.1, -0.05) is 126 Å². The molecule has 0 aliphatic heterocycles. The molecule has 28 heavy (non-hydrogen) atoms. The van der Waals surface area contributed by atoms with Crippen molar-refractivity contribution in [2.45, 2.75) is 16.3 Å². The van der Waals surface area contributed by atoms with Gasteiger partial charge in [0.25, 0.3) is 0 Å². The highest BCUT2D eigenvalue weighted by Crippen LogP contribution is 2.41. The van der Waals surface area contributed by atoms with Crippen molar-refractivity contribution < 1.29 is 0 Å². The number of benzene rings is 4. The molecule has 2 heteroatoms. The van der Waals surface area contributed by atoms with Crippen molar-refractivity contribution in [3.8, 4) is 0 Å². The quantitative estimate of drug-likeness (QED) is 0.286. The van der Waals surface area contributed by atoms with Gasteiger partial charge in [0.05, 0.1) is 0 Å². The molecule has 0 aliphatic rings. The zero-order valence-electron chi connectivity index (χ0n) is 16.0. The molecule has 0 radical (unpaired) electrons. The van der Waals surface area contributed by atoms with E-state index in [9.17, 15) is 0 Å². The lowest BCUT2D eigenvalue weighted by molar-refractivity contribution is 1.28. The molecule has 0 fully saturated rings. The van der Waals surface area contributed by atoms with Crippen molar-refractivity contribution in [1.82, 2.24) is 0 Å². The number of hydrogen-bond donors (Lipinski definition) is 0. The molecule has 1 atom stereocenters. The fourth-order valence-corrected chi connectivity index (χ4v) is 10.4. The molecule has 0 spiro atoms. The molecule has 138 valence electrons. The van der Waals surface area contributed by atoms with Gasteiger partial charge in [0.1, 0.15) is 8.07 Å². The van der Waals surface area contributed by atoms with Crippen LogP contribution in [0.1, 0.15) is 10.4 Å². The van der Waals surface area contributed by atoms with Crippen LogP contribution in [0.4, 0.5) is 0 Å². The third-order valence-electron chi connectivity index (χ3n) is 5.37. The van der Waals surface area contributed by atoms with Crippen LogP contribution in [-0.4, -0.2) is 8.07 Å². The van der Waals surface area contributed by atoms with Gasteiger partial charge in [-0.15, -0.1) is 11.8 Å². The summed E-state index contributed by atoms with van der Waals surface area (Å²) in [6.45, 7) is 2.52. The van der Waals surface area contributed by atoms with Crippen LogP contribution in [0.3, 0.4) is 0 Å². The van der Waals surface area contributed by atoms with E-state index >= 15 is 0 Å². The fourth-order valence-electron chi connectivity index (χ4n) is 3.82. The molecule has 0 amide bonds. The normalized spacial score (nSPS) is 12.5. The van der Waals surface area contributed by atoms with Gasteiger partial charge < -0.3 is 0 Å². The number of thioether (sulfide) groups is 1. The first-order chi connectivity index (χ1) is 13.8. The van der Waals surface area contributed by atoms with Gasteiger partial charge in [0, 0.05) is 9.77 Å². The van der Waals surface area contributed by atoms with E-state index in [4.69, 9.17) is 0 Å². The molecule has 4 aromatic rings. The van der Waals surface area contributed by atoms with Crippen molar-refractivity contribution >= 4 is 30.2 Å². The van der Waals surface area contributed by atoms with E-state index < -0.39 is 8.07 Å². The second-order valence-electron chi connectivity index (χ2n) is 7.16. The van der Waals surface area contributed by atoms with Crippen LogP contribution in [0.25, 0.3) is 0 Å². The average Bonchev–Trinajstić information content (AvgIpc) is 2.79. The Labute approximate surface area is 173 Å². The summed E-state index contributed by atoms with van der Waals surface area (Å²) >= 11 is 2.00. The molecule has 4 aromatic carbocycles. The third kappa shape index (κ3) is 3.84. The molecule has 0 nitrogen and oxygen atoms in total. The number of hydrogen-bond acceptors (Lipinski definition) is 1. The summed E-state index contributed by atoms with van der Waals surface area (Å²) in [5.74, 6) is 0. The summed E-state index contributed by atoms with van der Waals surface area (Å²) in [4.78, 5) is 1.70. The molecular formula is C26H24SSi. The van der Waals surface area contributed by atoms with Gasteiger partial charge in [0.15, 0.2) is 0 Å². The van der Waals surface area contributed by atoms with Gasteiger partial charge >= 0.3 is 0 Å². The van der Waals surface area contributed by atoms with E-state index in [0.717, 1.165) is 0 Å². The van der Waals surface area contributed by atoms with Crippen LogP contribution in [0, 0.1) is 0 Å². The van der Waals surface area contributed by atoms with Gasteiger partial charge in [-0.05, 0) is 17.7 Å². The van der Waals surface area contributed by atoms with E-state index in [2.05, 4.69) is 128 Å². The Morgan fingerprint density at radius 3 is 1.39 bits per heavy atom. The molecule has 0 aromatic heterocycles. The third-order valence-corrected chi connectivity index (χ3v) is 12.6. The van der Waals surface area contributed by atoms with Gasteiger partial charge in [-0.25, -0.2) is 0 Å². The second kappa shape index (κ2) is 8.64. The summed E-state index contributed by atoms with van der Waals surface area (Å²) in [6, 6.07) is 44.1. The smallest absolute Gasteiger partial charge is 0.120 e. The lowest BCUT2D eigenvalue weighted by Crippen LogP contribution is -2.59. The highest BCUT2D eigenvalue weighted by molar-refractivity contribution is 8.01. The van der Waals surface area contributed by atoms with Crippen LogP contribution >= 0.6 is 11.8 Å². The lowest BCUT2D eigenvalue weighted by Gasteiger charge is -2.37. The first-order valence-corrected chi connectivity index (χ1v) is 13.1. The largest absolute Gasteiger partial charge is 0.132 e. The van der Waals surface area contributed by atoms with E-state index in [1.165, 1.54) is 20.8 Å². The fraction of sp³-hybridized carbons (Fsp3) is 0.0769. The van der Waals surface area contributed by atoms with Crippen molar-refractivity contribution in [3.63, 3.8) is 0 Å². The van der Waals surface area contributed by atoms with Crippen LogP contribution in [-0.2, 0) is 0 Å². The maximum Gasteiger partial charge on any atom is 0.132 e. The predicted octanol–water partition coefficient (Wildman–Crippen LogP) is 5.95. The van der Waals surface area contributed by atoms with E-state index in [1.807, 2.05) is 11.8 Å². The summed E-state index contributed by atoms with van der Waals surface area (Å²) in [7, 11) is -2.09. The molecule has 0 N–H and O–H groups in total. The first-order valence-electron chi connectivity index (χ1n) is 9.66. The zero-order chi connectivity index (χ0) is 19.2. The van der Waals surface area contributed by atoms with Crippen LogP contribution in [0.2, 0.25) is 6.55 Å². The van der Waals surface area contributed by atoms with Gasteiger partial charge in [-0.3, -0.25) is 0 Å². The predicted molar refractivity (Wildman–Crippen MR) is 125 cm³/mol. The molecule has 0 heterocycles. The molecule has 0 saturated carbocycles. The monoisotopic (exact) mass is 396 g/mol. The highest BCUT2D eigenvalue weighted by Gasteiger charge is 2.41. The van der Waals surface area contributed by atoms with Crippen molar-refractivity contribution in [1.29, 1.82) is 0 Å². The van der Waals surface area contributed by atoms with Crippen LogP contribution in [0.15, 0.2) is 126 Å². The standard InChI is InChI=1S/C26H24SSi/c1-28(24-18-10-4-11-19-24,25-20-12-5-13-21-25)26(22-14-6-2-7-15-22)27-23-16-8-3-9-17-23/h2-21,26H,1H3.